The molecule has 0 atom stereocenters. The number of para-hydroxylation sites is 1. The van der Waals surface area contributed by atoms with Gasteiger partial charge in [-0.2, -0.15) is 0 Å². The Bertz CT molecular complexity index is 759. The maximum Gasteiger partial charge on any atom is 0.274 e. The van der Waals surface area contributed by atoms with Gasteiger partial charge in [0, 0.05) is 24.7 Å². The zero-order valence-electron chi connectivity index (χ0n) is 13.3. The van der Waals surface area contributed by atoms with Gasteiger partial charge in [-0.1, -0.05) is 30.3 Å². The fraction of sp³-hybridized carbons (Fsp3) is 0.278. The number of hydrogen-bond donors (Lipinski definition) is 1. The van der Waals surface area contributed by atoms with Gasteiger partial charge in [0.25, 0.3) is 5.69 Å². The molecule has 2 aromatic carbocycles. The first-order valence-electron chi connectivity index (χ1n) is 7.92. The molecule has 0 unspecified atom stereocenters. The highest BCUT2D eigenvalue weighted by Gasteiger charge is 2.12. The van der Waals surface area contributed by atoms with Crippen LogP contribution in [-0.2, 0) is 18.0 Å². The number of ether oxygens (including phenoxy) is 1. The zero-order valence-corrected chi connectivity index (χ0v) is 13.3. The molecule has 0 bridgehead atoms. The first-order chi connectivity index (χ1) is 11.7. The van der Waals surface area contributed by atoms with Gasteiger partial charge in [0.15, 0.2) is 0 Å². The summed E-state index contributed by atoms with van der Waals surface area (Å²) in [6.45, 7) is 2.39. The standard InChI is InChI=1S/C18H19N3O3/c22-21(23)17-8-2-1-6-16(17)13-24-12-14-5-3-7-15(11-14)18-19-9-4-10-20-18/h1-3,5-8,11H,4,9-10,12-13H2,(H,19,20). The molecule has 2 aromatic rings. The molecular weight excluding hydrogens is 306 g/mol. The van der Waals surface area contributed by atoms with Crippen LogP contribution in [0.25, 0.3) is 0 Å². The molecule has 1 heterocycles. The third kappa shape index (κ3) is 3.97. The Morgan fingerprint density at radius 2 is 2.04 bits per heavy atom. The monoisotopic (exact) mass is 325 g/mol. The molecule has 6 heteroatoms. The summed E-state index contributed by atoms with van der Waals surface area (Å²) in [7, 11) is 0. The maximum absolute atomic E-state index is 11.0. The molecule has 0 amide bonds. The Morgan fingerprint density at radius 3 is 2.83 bits per heavy atom. The second-order valence-electron chi connectivity index (χ2n) is 5.59. The van der Waals surface area contributed by atoms with E-state index in [9.17, 15) is 10.1 Å². The molecular formula is C18H19N3O3. The average molecular weight is 325 g/mol. The lowest BCUT2D eigenvalue weighted by molar-refractivity contribution is -0.386. The molecule has 0 saturated heterocycles. The molecule has 6 nitrogen and oxygen atoms in total. The van der Waals surface area contributed by atoms with Crippen molar-refractivity contribution < 1.29 is 9.66 Å². The highest BCUT2D eigenvalue weighted by Crippen LogP contribution is 2.19. The van der Waals surface area contributed by atoms with Crippen LogP contribution < -0.4 is 5.32 Å². The van der Waals surface area contributed by atoms with Crippen LogP contribution in [0.2, 0.25) is 0 Å². The van der Waals surface area contributed by atoms with Crippen LogP contribution >= 0.6 is 0 Å². The molecule has 1 aliphatic heterocycles. The van der Waals surface area contributed by atoms with E-state index in [0.717, 1.165) is 36.5 Å². The van der Waals surface area contributed by atoms with Gasteiger partial charge in [-0.25, -0.2) is 0 Å². The van der Waals surface area contributed by atoms with Gasteiger partial charge in [0.05, 0.1) is 23.7 Å². The molecule has 0 fully saturated rings. The van der Waals surface area contributed by atoms with Crippen LogP contribution in [0.5, 0.6) is 0 Å². The molecule has 0 saturated carbocycles. The highest BCUT2D eigenvalue weighted by atomic mass is 16.6. The average Bonchev–Trinajstić information content (AvgIpc) is 2.63. The van der Waals surface area contributed by atoms with Crippen LogP contribution in [0.15, 0.2) is 53.5 Å². The minimum atomic E-state index is -0.383. The van der Waals surface area contributed by atoms with E-state index in [1.807, 2.05) is 24.3 Å². The summed E-state index contributed by atoms with van der Waals surface area (Å²) in [5.41, 5.74) is 2.73. The third-order valence-electron chi connectivity index (χ3n) is 3.81. The van der Waals surface area contributed by atoms with E-state index in [1.54, 1.807) is 18.2 Å². The Kier molecular flexibility index (Phi) is 5.18. The minimum absolute atomic E-state index is 0.0898. The summed E-state index contributed by atoms with van der Waals surface area (Å²) in [6, 6.07) is 14.6. The van der Waals surface area contributed by atoms with Crippen molar-refractivity contribution in [3.63, 3.8) is 0 Å². The van der Waals surface area contributed by atoms with E-state index in [2.05, 4.69) is 10.3 Å². The van der Waals surface area contributed by atoms with Crippen LogP contribution in [0.3, 0.4) is 0 Å². The van der Waals surface area contributed by atoms with Gasteiger partial charge in [-0.05, 0) is 24.1 Å². The number of nitrogens with one attached hydrogen (secondary N) is 1. The van der Waals surface area contributed by atoms with Crippen molar-refractivity contribution in [3.8, 4) is 0 Å². The first-order valence-corrected chi connectivity index (χ1v) is 7.92. The van der Waals surface area contributed by atoms with E-state index in [0.29, 0.717) is 12.2 Å². The number of nitrogens with zero attached hydrogens (tertiary/aromatic N) is 2. The van der Waals surface area contributed by atoms with Crippen molar-refractivity contribution in [1.29, 1.82) is 0 Å². The molecule has 0 radical (unpaired) electrons. The number of aliphatic imine (C=N–C) groups is 1. The maximum atomic E-state index is 11.0. The molecule has 0 aliphatic carbocycles. The lowest BCUT2D eigenvalue weighted by atomic mass is 10.1. The molecule has 1 aliphatic rings. The molecule has 3 rings (SSSR count). The van der Waals surface area contributed by atoms with Gasteiger partial charge in [0.1, 0.15) is 5.84 Å². The van der Waals surface area contributed by atoms with Crippen LogP contribution in [0, 0.1) is 10.1 Å². The Labute approximate surface area is 140 Å². The van der Waals surface area contributed by atoms with Crippen molar-refractivity contribution in [1.82, 2.24) is 5.32 Å². The topological polar surface area (TPSA) is 76.8 Å². The fourth-order valence-corrected chi connectivity index (χ4v) is 2.62. The van der Waals surface area contributed by atoms with Gasteiger partial charge in [-0.3, -0.25) is 15.1 Å². The first kappa shape index (κ1) is 16.1. The Hall–Kier alpha value is -2.73. The third-order valence-corrected chi connectivity index (χ3v) is 3.81. The number of nitro benzene ring substituents is 1. The van der Waals surface area contributed by atoms with Crippen LogP contribution in [0.4, 0.5) is 5.69 Å². The minimum Gasteiger partial charge on any atom is -0.372 e. The molecule has 0 aromatic heterocycles. The van der Waals surface area contributed by atoms with Gasteiger partial charge < -0.3 is 10.1 Å². The second-order valence-corrected chi connectivity index (χ2v) is 5.59. The molecule has 124 valence electrons. The summed E-state index contributed by atoms with van der Waals surface area (Å²) in [4.78, 5) is 15.1. The van der Waals surface area contributed by atoms with Crippen LogP contribution in [-0.4, -0.2) is 23.8 Å². The van der Waals surface area contributed by atoms with E-state index >= 15 is 0 Å². The SMILES string of the molecule is O=[N+]([O-])c1ccccc1COCc1cccc(C2=NCCCN2)c1. The zero-order chi connectivity index (χ0) is 16.8. The second kappa shape index (κ2) is 7.70. The number of hydrogen-bond acceptors (Lipinski definition) is 5. The Morgan fingerprint density at radius 1 is 1.17 bits per heavy atom. The fourth-order valence-electron chi connectivity index (χ4n) is 2.62. The molecule has 24 heavy (non-hydrogen) atoms. The van der Waals surface area contributed by atoms with Gasteiger partial charge >= 0.3 is 0 Å². The molecule has 0 spiro atoms. The van der Waals surface area contributed by atoms with Crippen molar-refractivity contribution in [2.45, 2.75) is 19.6 Å². The van der Waals surface area contributed by atoms with E-state index < -0.39 is 0 Å². The summed E-state index contributed by atoms with van der Waals surface area (Å²) in [5.74, 6) is 0.918. The lowest BCUT2D eigenvalue weighted by Gasteiger charge is -2.15. The summed E-state index contributed by atoms with van der Waals surface area (Å²) < 4.78 is 5.67. The highest BCUT2D eigenvalue weighted by molar-refractivity contribution is 5.99. The van der Waals surface area contributed by atoms with Gasteiger partial charge in [0.2, 0.25) is 0 Å². The number of benzene rings is 2. The van der Waals surface area contributed by atoms with Crippen molar-refractivity contribution >= 4 is 11.5 Å². The number of amidine groups is 1. The van der Waals surface area contributed by atoms with Crippen LogP contribution in [0.1, 0.15) is 23.1 Å². The summed E-state index contributed by atoms with van der Waals surface area (Å²) in [6.07, 6.45) is 1.06. The quantitative estimate of drug-likeness (QED) is 0.654. The van der Waals surface area contributed by atoms with Crippen molar-refractivity contribution in [2.75, 3.05) is 13.1 Å². The predicted octanol–water partition coefficient (Wildman–Crippen LogP) is 3.05. The Balaban J connectivity index is 1.63. The number of rotatable bonds is 6. The van der Waals surface area contributed by atoms with E-state index in [4.69, 9.17) is 4.74 Å². The van der Waals surface area contributed by atoms with Gasteiger partial charge in [-0.15, -0.1) is 0 Å². The van der Waals surface area contributed by atoms with Crippen molar-refractivity contribution in [2.24, 2.45) is 4.99 Å². The smallest absolute Gasteiger partial charge is 0.274 e. The largest absolute Gasteiger partial charge is 0.372 e. The normalized spacial score (nSPS) is 13.9. The summed E-state index contributed by atoms with van der Waals surface area (Å²) >= 11 is 0. The number of nitro groups is 1. The van der Waals surface area contributed by atoms with Crippen molar-refractivity contribution in [3.05, 3.63) is 75.3 Å². The lowest BCUT2D eigenvalue weighted by Crippen LogP contribution is -2.30. The van der Waals surface area contributed by atoms with E-state index in [-0.39, 0.29) is 17.2 Å². The summed E-state index contributed by atoms with van der Waals surface area (Å²) in [5, 5.41) is 14.3. The van der Waals surface area contributed by atoms with E-state index in [1.165, 1.54) is 6.07 Å². The predicted molar refractivity (Wildman–Crippen MR) is 92.1 cm³/mol. The molecule has 1 N–H and O–H groups in total.